The fourth-order valence-electron chi connectivity index (χ4n) is 1.65. The average Bonchev–Trinajstić information content (AvgIpc) is 2.75. The van der Waals surface area contributed by atoms with Gasteiger partial charge in [-0.25, -0.2) is 0 Å². The van der Waals surface area contributed by atoms with Crippen molar-refractivity contribution in [2.75, 3.05) is 12.3 Å². The molecule has 0 amide bonds. The first-order valence-electron chi connectivity index (χ1n) is 4.92. The van der Waals surface area contributed by atoms with Gasteiger partial charge in [0.15, 0.2) is 5.82 Å². The zero-order valence-electron chi connectivity index (χ0n) is 8.32. The van der Waals surface area contributed by atoms with Crippen LogP contribution in [0.1, 0.15) is 31.5 Å². The van der Waals surface area contributed by atoms with Crippen molar-refractivity contribution in [2.24, 2.45) is 5.73 Å². The van der Waals surface area contributed by atoms with Gasteiger partial charge in [0.2, 0.25) is 5.89 Å². The van der Waals surface area contributed by atoms with Gasteiger partial charge in [0.1, 0.15) is 0 Å². The molecular weight excluding hydrogens is 198 g/mol. The van der Waals surface area contributed by atoms with Crippen LogP contribution in [0.5, 0.6) is 0 Å². The van der Waals surface area contributed by atoms with Gasteiger partial charge in [0.25, 0.3) is 0 Å². The summed E-state index contributed by atoms with van der Waals surface area (Å²) in [5.41, 5.74) is 5.43. The molecule has 0 bridgehead atoms. The van der Waals surface area contributed by atoms with Gasteiger partial charge in [-0.2, -0.15) is 4.98 Å². The molecule has 2 heterocycles. The van der Waals surface area contributed by atoms with Crippen LogP contribution in [0, 0.1) is 0 Å². The summed E-state index contributed by atoms with van der Waals surface area (Å²) >= 11 is 1.90. The third-order valence-electron chi connectivity index (χ3n) is 2.51. The first-order chi connectivity index (χ1) is 6.74. The molecule has 1 unspecified atom stereocenters. The van der Waals surface area contributed by atoms with Gasteiger partial charge in [-0.3, -0.25) is 0 Å². The van der Waals surface area contributed by atoms with Crippen LogP contribution in [-0.2, 0) is 11.2 Å². The van der Waals surface area contributed by atoms with Crippen LogP contribution < -0.4 is 5.73 Å². The van der Waals surface area contributed by atoms with Gasteiger partial charge < -0.3 is 10.3 Å². The van der Waals surface area contributed by atoms with Crippen molar-refractivity contribution < 1.29 is 4.52 Å². The van der Waals surface area contributed by atoms with Crippen molar-refractivity contribution in [3.63, 3.8) is 0 Å². The highest BCUT2D eigenvalue weighted by atomic mass is 32.2. The Labute approximate surface area is 87.6 Å². The number of aromatic nitrogens is 2. The third-order valence-corrected chi connectivity index (χ3v) is 4.02. The predicted octanol–water partition coefficient (Wildman–Crippen LogP) is 1.31. The summed E-state index contributed by atoms with van der Waals surface area (Å²) in [5, 5.41) is 3.92. The lowest BCUT2D eigenvalue weighted by Gasteiger charge is -2.15. The van der Waals surface area contributed by atoms with Crippen LogP contribution in [0.4, 0.5) is 0 Å². The molecule has 78 valence electrons. The third kappa shape index (κ3) is 1.79. The zero-order chi connectivity index (χ0) is 10.0. The Bertz CT molecular complexity index is 307. The number of thioether (sulfide) groups is 1. The minimum absolute atomic E-state index is 0.0415. The van der Waals surface area contributed by atoms with Crippen molar-refractivity contribution in [1.29, 1.82) is 0 Å². The minimum atomic E-state index is 0.0415. The largest absolute Gasteiger partial charge is 0.338 e. The van der Waals surface area contributed by atoms with E-state index >= 15 is 0 Å². The highest BCUT2D eigenvalue weighted by molar-refractivity contribution is 8.00. The van der Waals surface area contributed by atoms with E-state index in [1.807, 2.05) is 11.8 Å². The second kappa shape index (κ2) is 3.90. The molecule has 1 saturated heterocycles. The second-order valence-electron chi connectivity index (χ2n) is 3.74. The molecule has 0 radical (unpaired) electrons. The quantitative estimate of drug-likeness (QED) is 0.820. The Hall–Kier alpha value is -0.550. The van der Waals surface area contributed by atoms with Gasteiger partial charge in [0, 0.05) is 6.42 Å². The fourth-order valence-corrected chi connectivity index (χ4v) is 2.88. The summed E-state index contributed by atoms with van der Waals surface area (Å²) < 4.78 is 5.31. The Balaban J connectivity index is 2.15. The molecular formula is C9H15N3OS. The lowest BCUT2D eigenvalue weighted by Crippen LogP contribution is -2.13. The van der Waals surface area contributed by atoms with Crippen LogP contribution in [0.25, 0.3) is 0 Å². The smallest absolute Gasteiger partial charge is 0.242 e. The summed E-state index contributed by atoms with van der Waals surface area (Å²) in [4.78, 5) is 4.38. The first kappa shape index (κ1) is 9.98. The van der Waals surface area contributed by atoms with E-state index in [4.69, 9.17) is 10.3 Å². The van der Waals surface area contributed by atoms with Crippen molar-refractivity contribution in [1.82, 2.24) is 10.1 Å². The molecule has 14 heavy (non-hydrogen) atoms. The minimum Gasteiger partial charge on any atom is -0.338 e. The molecule has 1 atom stereocenters. The van der Waals surface area contributed by atoms with E-state index in [9.17, 15) is 0 Å². The molecule has 4 nitrogen and oxygen atoms in total. The molecule has 1 aliphatic heterocycles. The standard InChI is InChI=1S/C9H15N3OS/c1-9(4-2-6-14-9)8-11-7(3-5-10)12-13-8/h2-6,10H2,1H3. The van der Waals surface area contributed by atoms with E-state index in [1.165, 1.54) is 12.2 Å². The molecule has 5 heteroatoms. The van der Waals surface area contributed by atoms with Crippen LogP contribution in [0.2, 0.25) is 0 Å². The van der Waals surface area contributed by atoms with Crippen LogP contribution in [0.3, 0.4) is 0 Å². The van der Waals surface area contributed by atoms with Crippen molar-refractivity contribution >= 4 is 11.8 Å². The van der Waals surface area contributed by atoms with Gasteiger partial charge in [-0.1, -0.05) is 5.16 Å². The second-order valence-corrected chi connectivity index (χ2v) is 5.34. The molecule has 2 rings (SSSR count). The molecule has 0 aromatic carbocycles. The van der Waals surface area contributed by atoms with Gasteiger partial charge in [-0.15, -0.1) is 11.8 Å². The molecule has 1 aromatic heterocycles. The summed E-state index contributed by atoms with van der Waals surface area (Å²) in [7, 11) is 0. The van der Waals surface area contributed by atoms with Gasteiger partial charge in [0.05, 0.1) is 4.75 Å². The number of rotatable bonds is 3. The van der Waals surface area contributed by atoms with Crippen LogP contribution in [-0.4, -0.2) is 22.4 Å². The summed E-state index contributed by atoms with van der Waals surface area (Å²) in [6.07, 6.45) is 3.06. The maximum absolute atomic E-state index is 5.43. The Kier molecular flexibility index (Phi) is 2.78. The monoisotopic (exact) mass is 213 g/mol. The van der Waals surface area contributed by atoms with Crippen molar-refractivity contribution in [2.45, 2.75) is 30.9 Å². The highest BCUT2D eigenvalue weighted by Gasteiger charge is 2.36. The lowest BCUT2D eigenvalue weighted by molar-refractivity contribution is 0.340. The normalized spacial score (nSPS) is 27.0. The molecule has 0 aliphatic carbocycles. The van der Waals surface area contributed by atoms with Crippen molar-refractivity contribution in [3.8, 4) is 0 Å². The predicted molar refractivity (Wildman–Crippen MR) is 56.1 cm³/mol. The number of hydrogen-bond donors (Lipinski definition) is 1. The van der Waals surface area contributed by atoms with E-state index < -0.39 is 0 Å². The maximum atomic E-state index is 5.43. The van der Waals surface area contributed by atoms with Crippen molar-refractivity contribution in [3.05, 3.63) is 11.7 Å². The summed E-state index contributed by atoms with van der Waals surface area (Å²) in [5.74, 6) is 2.69. The molecule has 0 spiro atoms. The van der Waals surface area contributed by atoms with E-state index in [1.54, 1.807) is 0 Å². The first-order valence-corrected chi connectivity index (χ1v) is 5.90. The SMILES string of the molecule is CC1(c2nc(CCN)no2)CCCS1. The Morgan fingerprint density at radius 2 is 2.50 bits per heavy atom. The number of hydrogen-bond acceptors (Lipinski definition) is 5. The average molecular weight is 213 g/mol. The van der Waals surface area contributed by atoms with Gasteiger partial charge >= 0.3 is 0 Å². The van der Waals surface area contributed by atoms with E-state index in [0.717, 1.165) is 18.1 Å². The molecule has 2 N–H and O–H groups in total. The summed E-state index contributed by atoms with van der Waals surface area (Å²) in [6, 6.07) is 0. The molecule has 1 aliphatic rings. The van der Waals surface area contributed by atoms with E-state index in [2.05, 4.69) is 17.1 Å². The number of nitrogens with two attached hydrogens (primary N) is 1. The van der Waals surface area contributed by atoms with E-state index in [-0.39, 0.29) is 4.75 Å². The molecule has 0 saturated carbocycles. The maximum Gasteiger partial charge on any atom is 0.242 e. The topological polar surface area (TPSA) is 64.9 Å². The molecule has 1 aromatic rings. The van der Waals surface area contributed by atoms with Crippen LogP contribution in [0.15, 0.2) is 4.52 Å². The fraction of sp³-hybridized carbons (Fsp3) is 0.778. The Morgan fingerprint density at radius 1 is 1.64 bits per heavy atom. The molecule has 1 fully saturated rings. The zero-order valence-corrected chi connectivity index (χ0v) is 9.14. The highest BCUT2D eigenvalue weighted by Crippen LogP contribution is 2.45. The summed E-state index contributed by atoms with van der Waals surface area (Å²) in [6.45, 7) is 2.74. The van der Waals surface area contributed by atoms with Crippen LogP contribution >= 0.6 is 11.8 Å². The lowest BCUT2D eigenvalue weighted by atomic mass is 10.1. The number of nitrogens with zero attached hydrogens (tertiary/aromatic N) is 2. The van der Waals surface area contributed by atoms with E-state index in [0.29, 0.717) is 13.0 Å². The van der Waals surface area contributed by atoms with Gasteiger partial charge in [-0.05, 0) is 32.1 Å². The Morgan fingerprint density at radius 3 is 3.14 bits per heavy atom.